The molecule has 2 rings (SSSR count). The maximum absolute atomic E-state index is 13.5. The van der Waals surface area contributed by atoms with Gasteiger partial charge in [-0.15, -0.1) is 0 Å². The Bertz CT molecular complexity index is 433. The van der Waals surface area contributed by atoms with Crippen LogP contribution in [0, 0.1) is 5.82 Å². The zero-order valence-electron chi connectivity index (χ0n) is 7.11. The third-order valence-corrected chi connectivity index (χ3v) is 2.89. The van der Waals surface area contributed by atoms with Crippen LogP contribution in [-0.2, 0) is 0 Å². The van der Waals surface area contributed by atoms with Crippen LogP contribution < -0.4 is 4.74 Å². The van der Waals surface area contributed by atoms with Crippen molar-refractivity contribution in [2.75, 3.05) is 0 Å². The molecule has 74 valence electrons. The summed E-state index contributed by atoms with van der Waals surface area (Å²) >= 11 is 8.78. The number of fused-ring (bicyclic) bond motifs is 1. The first-order valence-electron chi connectivity index (χ1n) is 3.90. The van der Waals surface area contributed by atoms with Crippen LogP contribution in [0.4, 0.5) is 4.39 Å². The number of rotatable bonds is 0. The van der Waals surface area contributed by atoms with Crippen molar-refractivity contribution in [2.45, 2.75) is 13.0 Å². The van der Waals surface area contributed by atoms with E-state index < -0.39 is 11.9 Å². The lowest BCUT2D eigenvalue weighted by Gasteiger charge is -2.03. The largest absolute Gasteiger partial charge is 0.480 e. The smallest absolute Gasteiger partial charge is 0.209 e. The number of carbonyl (C=O) groups is 1. The second-order valence-corrected chi connectivity index (χ2v) is 4.24. The van der Waals surface area contributed by atoms with E-state index in [9.17, 15) is 9.18 Å². The van der Waals surface area contributed by atoms with Crippen molar-refractivity contribution in [3.63, 3.8) is 0 Å². The van der Waals surface area contributed by atoms with Crippen LogP contribution in [0.2, 0.25) is 5.02 Å². The fraction of sp³-hybridized carbons (Fsp3) is 0.222. The minimum absolute atomic E-state index is 0.0584. The predicted octanol–water partition coefficient (Wildman–Crippen LogP) is 3.21. The van der Waals surface area contributed by atoms with E-state index in [1.165, 1.54) is 6.07 Å². The van der Waals surface area contributed by atoms with Crippen LogP contribution in [0.5, 0.6) is 5.75 Å². The molecule has 1 aliphatic rings. The monoisotopic (exact) mass is 278 g/mol. The van der Waals surface area contributed by atoms with E-state index in [0.717, 1.165) is 0 Å². The molecule has 1 aromatic rings. The van der Waals surface area contributed by atoms with Gasteiger partial charge < -0.3 is 4.74 Å². The highest BCUT2D eigenvalue weighted by atomic mass is 79.9. The van der Waals surface area contributed by atoms with Gasteiger partial charge in [-0.1, -0.05) is 11.6 Å². The number of ketones is 1. The van der Waals surface area contributed by atoms with Crippen LogP contribution in [0.15, 0.2) is 10.5 Å². The van der Waals surface area contributed by atoms with Gasteiger partial charge in [0.2, 0.25) is 5.78 Å². The minimum Gasteiger partial charge on any atom is -0.480 e. The molecule has 2 nitrogen and oxygen atoms in total. The van der Waals surface area contributed by atoms with Gasteiger partial charge in [0.1, 0.15) is 5.56 Å². The van der Waals surface area contributed by atoms with Crippen molar-refractivity contribution >= 4 is 33.3 Å². The lowest BCUT2D eigenvalue weighted by atomic mass is 10.1. The predicted molar refractivity (Wildman–Crippen MR) is 53.5 cm³/mol. The maximum atomic E-state index is 13.5. The lowest BCUT2D eigenvalue weighted by Crippen LogP contribution is -2.15. The SMILES string of the molecule is CC1Oc2c(Cl)cc(Br)c(F)c2C1=O. The summed E-state index contributed by atoms with van der Waals surface area (Å²) in [7, 11) is 0. The van der Waals surface area contributed by atoms with E-state index in [4.69, 9.17) is 16.3 Å². The fourth-order valence-corrected chi connectivity index (χ4v) is 2.15. The molecule has 0 aromatic heterocycles. The Balaban J connectivity index is 2.74. The zero-order valence-corrected chi connectivity index (χ0v) is 9.45. The first kappa shape index (κ1) is 9.93. The Morgan fingerprint density at radius 1 is 1.64 bits per heavy atom. The summed E-state index contributed by atoms with van der Waals surface area (Å²) in [5.41, 5.74) is -0.0584. The van der Waals surface area contributed by atoms with Crippen molar-refractivity contribution in [3.8, 4) is 5.75 Å². The summed E-state index contributed by atoms with van der Waals surface area (Å²) in [4.78, 5) is 11.5. The molecule has 1 unspecified atom stereocenters. The van der Waals surface area contributed by atoms with Crippen molar-refractivity contribution in [2.24, 2.45) is 0 Å². The van der Waals surface area contributed by atoms with E-state index in [2.05, 4.69) is 15.9 Å². The van der Waals surface area contributed by atoms with Crippen molar-refractivity contribution in [3.05, 3.63) is 26.9 Å². The Hall–Kier alpha value is -0.610. The van der Waals surface area contributed by atoms with Gasteiger partial charge >= 0.3 is 0 Å². The molecular formula is C9H5BrClFO2. The molecule has 0 bridgehead atoms. The molecule has 0 spiro atoms. The molecule has 5 heteroatoms. The molecule has 0 N–H and O–H groups in total. The summed E-state index contributed by atoms with van der Waals surface area (Å²) in [6.45, 7) is 1.56. The quantitative estimate of drug-likeness (QED) is 0.682. The zero-order chi connectivity index (χ0) is 10.5. The van der Waals surface area contributed by atoms with Gasteiger partial charge in [-0.25, -0.2) is 4.39 Å². The summed E-state index contributed by atoms with van der Waals surface area (Å²) in [6, 6.07) is 1.38. The van der Waals surface area contributed by atoms with Crippen molar-refractivity contribution < 1.29 is 13.9 Å². The second-order valence-electron chi connectivity index (χ2n) is 2.98. The average molecular weight is 279 g/mol. The van der Waals surface area contributed by atoms with E-state index in [1.54, 1.807) is 6.92 Å². The summed E-state index contributed by atoms with van der Waals surface area (Å²) in [5.74, 6) is -0.843. The van der Waals surface area contributed by atoms with Crippen molar-refractivity contribution in [1.29, 1.82) is 0 Å². The van der Waals surface area contributed by atoms with Gasteiger partial charge in [-0.3, -0.25) is 4.79 Å². The molecule has 1 aliphatic heterocycles. The van der Waals surface area contributed by atoms with Crippen LogP contribution in [-0.4, -0.2) is 11.9 Å². The van der Waals surface area contributed by atoms with Crippen LogP contribution in [0.3, 0.4) is 0 Å². The van der Waals surface area contributed by atoms with Gasteiger partial charge in [0.25, 0.3) is 0 Å². The highest BCUT2D eigenvalue weighted by Gasteiger charge is 2.34. The third-order valence-electron chi connectivity index (χ3n) is 2.04. The van der Waals surface area contributed by atoms with E-state index in [1.807, 2.05) is 0 Å². The summed E-state index contributed by atoms with van der Waals surface area (Å²) in [6.07, 6.45) is -0.661. The Morgan fingerprint density at radius 3 is 2.93 bits per heavy atom. The van der Waals surface area contributed by atoms with Crippen molar-refractivity contribution in [1.82, 2.24) is 0 Å². The van der Waals surface area contributed by atoms with Crippen LogP contribution in [0.25, 0.3) is 0 Å². The highest BCUT2D eigenvalue weighted by molar-refractivity contribution is 9.10. The lowest BCUT2D eigenvalue weighted by molar-refractivity contribution is 0.0876. The molecule has 0 fully saturated rings. The van der Waals surface area contributed by atoms with E-state index in [-0.39, 0.29) is 26.6 Å². The molecule has 0 saturated heterocycles. The molecule has 0 amide bonds. The highest BCUT2D eigenvalue weighted by Crippen LogP contribution is 2.40. The molecule has 1 aromatic carbocycles. The Morgan fingerprint density at radius 2 is 2.29 bits per heavy atom. The number of carbonyl (C=O) groups excluding carboxylic acids is 1. The number of hydrogen-bond acceptors (Lipinski definition) is 2. The molecule has 14 heavy (non-hydrogen) atoms. The Kier molecular flexibility index (Phi) is 2.27. The number of halogens is 3. The molecule has 1 heterocycles. The molecule has 0 aliphatic carbocycles. The third kappa shape index (κ3) is 1.25. The van der Waals surface area contributed by atoms with Gasteiger partial charge in [0.05, 0.1) is 9.50 Å². The molecular weight excluding hydrogens is 274 g/mol. The molecule has 0 radical (unpaired) electrons. The topological polar surface area (TPSA) is 26.3 Å². The first-order valence-corrected chi connectivity index (χ1v) is 5.08. The number of benzene rings is 1. The van der Waals surface area contributed by atoms with Gasteiger partial charge in [-0.2, -0.15) is 0 Å². The van der Waals surface area contributed by atoms with E-state index >= 15 is 0 Å². The van der Waals surface area contributed by atoms with Crippen LogP contribution >= 0.6 is 27.5 Å². The molecule has 0 saturated carbocycles. The summed E-state index contributed by atoms with van der Waals surface area (Å²) < 4.78 is 18.8. The average Bonchev–Trinajstić information content (AvgIpc) is 2.41. The van der Waals surface area contributed by atoms with Gasteiger partial charge in [0, 0.05) is 0 Å². The Labute approximate surface area is 93.1 Å². The molecule has 1 atom stereocenters. The van der Waals surface area contributed by atoms with E-state index in [0.29, 0.717) is 0 Å². The first-order chi connectivity index (χ1) is 6.52. The number of ether oxygens (including phenoxy) is 1. The normalized spacial score (nSPS) is 19.4. The minimum atomic E-state index is -0.661. The van der Waals surface area contributed by atoms with Gasteiger partial charge in [-0.05, 0) is 28.9 Å². The number of hydrogen-bond donors (Lipinski definition) is 0. The number of Topliss-reactive ketones (excluding diaryl/α,β-unsaturated/α-hetero) is 1. The second kappa shape index (κ2) is 3.21. The maximum Gasteiger partial charge on any atom is 0.209 e. The standard InChI is InChI=1S/C9H5BrClFO2/c1-3-8(13)6-7(12)4(10)2-5(11)9(6)14-3/h2-3H,1H3. The van der Waals surface area contributed by atoms with Gasteiger partial charge in [0.15, 0.2) is 17.7 Å². The fourth-order valence-electron chi connectivity index (χ4n) is 1.35. The summed E-state index contributed by atoms with van der Waals surface area (Å²) in [5, 5.41) is 0.242. The van der Waals surface area contributed by atoms with Crippen LogP contribution in [0.1, 0.15) is 17.3 Å².